The van der Waals surface area contributed by atoms with E-state index in [0.717, 1.165) is 48.5 Å². The first-order valence-corrected chi connectivity index (χ1v) is 10.1. The van der Waals surface area contributed by atoms with E-state index >= 15 is 0 Å². The minimum atomic E-state index is 0.714. The van der Waals surface area contributed by atoms with Gasteiger partial charge in [0.1, 0.15) is 5.82 Å². The Morgan fingerprint density at radius 3 is 2.39 bits per heavy atom. The van der Waals surface area contributed by atoms with Crippen molar-refractivity contribution in [3.8, 4) is 11.1 Å². The van der Waals surface area contributed by atoms with Gasteiger partial charge in [0, 0.05) is 31.5 Å². The molecule has 2 aromatic heterocycles. The van der Waals surface area contributed by atoms with E-state index in [2.05, 4.69) is 56.2 Å². The van der Waals surface area contributed by atoms with Gasteiger partial charge in [0.2, 0.25) is 0 Å². The Labute approximate surface area is 167 Å². The summed E-state index contributed by atoms with van der Waals surface area (Å²) in [6, 6.07) is 4.50. The second kappa shape index (κ2) is 7.21. The predicted octanol–water partition coefficient (Wildman–Crippen LogP) is 4.34. The molecule has 0 unspecified atom stereocenters. The zero-order valence-electron chi connectivity index (χ0n) is 17.9. The number of methoxy groups -OCH3 is 1. The van der Waals surface area contributed by atoms with Gasteiger partial charge in [-0.25, -0.2) is 4.98 Å². The van der Waals surface area contributed by atoms with Crippen LogP contribution in [0, 0.1) is 34.6 Å². The highest BCUT2D eigenvalue weighted by Crippen LogP contribution is 2.37. The van der Waals surface area contributed by atoms with Crippen molar-refractivity contribution in [1.82, 2.24) is 14.6 Å². The fraction of sp³-hybridized carbons (Fsp3) is 0.478. The molecular weight excluding hydrogens is 348 g/mol. The molecule has 0 N–H and O–H groups in total. The van der Waals surface area contributed by atoms with Crippen LogP contribution >= 0.6 is 0 Å². The summed E-state index contributed by atoms with van der Waals surface area (Å²) in [6.45, 7) is 13.4. The molecule has 0 saturated heterocycles. The Kier molecular flexibility index (Phi) is 4.88. The van der Waals surface area contributed by atoms with E-state index in [9.17, 15) is 0 Å². The maximum atomic E-state index is 5.36. The molecule has 4 rings (SSSR count). The predicted molar refractivity (Wildman–Crippen MR) is 115 cm³/mol. The fourth-order valence-electron chi connectivity index (χ4n) is 4.74. The lowest BCUT2D eigenvalue weighted by Crippen LogP contribution is -2.35. The van der Waals surface area contributed by atoms with Gasteiger partial charge in [-0.2, -0.15) is 9.61 Å². The van der Waals surface area contributed by atoms with Crippen molar-refractivity contribution in [3.05, 3.63) is 45.8 Å². The van der Waals surface area contributed by atoms with Crippen LogP contribution in [0.5, 0.6) is 0 Å². The number of rotatable bonds is 4. The van der Waals surface area contributed by atoms with Gasteiger partial charge in [0.05, 0.1) is 17.9 Å². The van der Waals surface area contributed by atoms with Crippen LogP contribution < -0.4 is 4.90 Å². The third kappa shape index (κ3) is 2.98. The number of hydrogen-bond acceptors (Lipinski definition) is 4. The first-order valence-electron chi connectivity index (χ1n) is 10.1. The highest BCUT2D eigenvalue weighted by molar-refractivity contribution is 5.85. The number of aryl methyl sites for hydroxylation is 5. The number of anilines is 1. The zero-order chi connectivity index (χ0) is 20.0. The van der Waals surface area contributed by atoms with Gasteiger partial charge in [-0.1, -0.05) is 17.7 Å². The topological polar surface area (TPSA) is 42.7 Å². The van der Waals surface area contributed by atoms with Gasteiger partial charge in [-0.3, -0.25) is 0 Å². The number of ether oxygens (including phenoxy) is 1. The van der Waals surface area contributed by atoms with E-state index in [0.29, 0.717) is 6.61 Å². The van der Waals surface area contributed by atoms with E-state index in [1.165, 1.54) is 33.6 Å². The molecule has 3 heterocycles. The molecule has 0 amide bonds. The number of nitrogens with zero attached hydrogens (tertiary/aromatic N) is 4. The van der Waals surface area contributed by atoms with Gasteiger partial charge >= 0.3 is 0 Å². The molecule has 1 aliphatic rings. The fourth-order valence-corrected chi connectivity index (χ4v) is 4.74. The first-order chi connectivity index (χ1) is 13.4. The summed E-state index contributed by atoms with van der Waals surface area (Å²) in [5.74, 6) is 1.20. The van der Waals surface area contributed by atoms with Gasteiger partial charge in [0.25, 0.3) is 0 Å². The molecule has 28 heavy (non-hydrogen) atoms. The maximum Gasteiger partial charge on any atom is 0.165 e. The molecule has 3 aromatic rings. The van der Waals surface area contributed by atoms with Crippen LogP contribution in [0.3, 0.4) is 0 Å². The van der Waals surface area contributed by atoms with Crippen LogP contribution in [0.2, 0.25) is 0 Å². The lowest BCUT2D eigenvalue weighted by atomic mass is 9.94. The summed E-state index contributed by atoms with van der Waals surface area (Å²) in [6.07, 6.45) is 2.21. The van der Waals surface area contributed by atoms with E-state index < -0.39 is 0 Å². The minimum absolute atomic E-state index is 0.714. The molecule has 0 atom stereocenters. The largest absolute Gasteiger partial charge is 0.383 e. The third-order valence-electron chi connectivity index (χ3n) is 5.86. The summed E-state index contributed by atoms with van der Waals surface area (Å²) in [5.41, 5.74) is 10.7. The van der Waals surface area contributed by atoms with E-state index in [1.54, 1.807) is 7.11 Å². The van der Waals surface area contributed by atoms with Crippen molar-refractivity contribution < 1.29 is 4.74 Å². The highest BCUT2D eigenvalue weighted by atomic mass is 16.5. The summed E-state index contributed by atoms with van der Waals surface area (Å²) >= 11 is 0. The van der Waals surface area contributed by atoms with Crippen molar-refractivity contribution in [2.75, 3.05) is 31.7 Å². The van der Waals surface area contributed by atoms with Gasteiger partial charge < -0.3 is 9.64 Å². The van der Waals surface area contributed by atoms with Crippen molar-refractivity contribution in [2.24, 2.45) is 0 Å². The Bertz CT molecular complexity index is 1030. The van der Waals surface area contributed by atoms with E-state index in [-0.39, 0.29) is 0 Å². The van der Waals surface area contributed by atoms with Gasteiger partial charge in [-0.05, 0) is 64.2 Å². The molecule has 5 heteroatoms. The Balaban J connectivity index is 2.00. The molecule has 1 aliphatic heterocycles. The van der Waals surface area contributed by atoms with Crippen LogP contribution in [-0.4, -0.2) is 41.4 Å². The SMILES string of the molecule is COCCN1CCCc2c(C)nc3c(-c4c(C)cc(C)cc4C)c(C)nn3c21. The quantitative estimate of drug-likeness (QED) is 0.677. The first kappa shape index (κ1) is 18.9. The number of benzene rings is 1. The standard InChI is InChI=1S/C23H30N4O/c1-14-12-15(2)20(16(3)13-14)21-18(5)25-27-22(21)24-17(4)19-8-7-9-26(23(19)27)10-11-28-6/h12-13H,7-11H2,1-6H3. The monoisotopic (exact) mass is 378 g/mol. The number of hydrogen-bond donors (Lipinski definition) is 0. The zero-order valence-corrected chi connectivity index (χ0v) is 17.9. The molecule has 5 nitrogen and oxygen atoms in total. The van der Waals surface area contributed by atoms with Crippen LogP contribution in [0.4, 0.5) is 5.82 Å². The van der Waals surface area contributed by atoms with Crippen molar-refractivity contribution >= 4 is 11.5 Å². The second-order valence-corrected chi connectivity index (χ2v) is 8.05. The Morgan fingerprint density at radius 2 is 1.71 bits per heavy atom. The summed E-state index contributed by atoms with van der Waals surface area (Å²) in [4.78, 5) is 7.46. The third-order valence-corrected chi connectivity index (χ3v) is 5.86. The lowest BCUT2D eigenvalue weighted by Gasteiger charge is -2.31. The van der Waals surface area contributed by atoms with Gasteiger partial charge in [-0.15, -0.1) is 0 Å². The lowest BCUT2D eigenvalue weighted by molar-refractivity contribution is 0.204. The summed E-state index contributed by atoms with van der Waals surface area (Å²) in [7, 11) is 1.76. The van der Waals surface area contributed by atoms with Crippen molar-refractivity contribution in [2.45, 2.75) is 47.5 Å². The Morgan fingerprint density at radius 1 is 1.00 bits per heavy atom. The molecule has 0 saturated carbocycles. The van der Waals surface area contributed by atoms with Crippen LogP contribution in [0.25, 0.3) is 16.8 Å². The van der Waals surface area contributed by atoms with Gasteiger partial charge in [0.15, 0.2) is 5.65 Å². The molecule has 0 bridgehead atoms. The molecule has 148 valence electrons. The molecule has 0 spiro atoms. The second-order valence-electron chi connectivity index (χ2n) is 8.05. The Hall–Kier alpha value is -2.40. The minimum Gasteiger partial charge on any atom is -0.383 e. The van der Waals surface area contributed by atoms with Crippen LogP contribution in [-0.2, 0) is 11.2 Å². The number of fused-ring (bicyclic) bond motifs is 3. The maximum absolute atomic E-state index is 5.36. The van der Waals surface area contributed by atoms with E-state index in [1.807, 2.05) is 0 Å². The number of aromatic nitrogens is 3. The average Bonchev–Trinajstić information content (AvgIpc) is 2.95. The summed E-state index contributed by atoms with van der Waals surface area (Å²) in [5, 5.41) is 4.98. The molecule has 0 fully saturated rings. The highest BCUT2D eigenvalue weighted by Gasteiger charge is 2.26. The van der Waals surface area contributed by atoms with Crippen LogP contribution in [0.1, 0.15) is 40.1 Å². The van der Waals surface area contributed by atoms with Crippen molar-refractivity contribution in [3.63, 3.8) is 0 Å². The molecular formula is C23H30N4O. The average molecular weight is 379 g/mol. The molecule has 1 aromatic carbocycles. The molecule has 0 radical (unpaired) electrons. The normalized spacial score (nSPS) is 14.0. The smallest absolute Gasteiger partial charge is 0.165 e. The van der Waals surface area contributed by atoms with Crippen LogP contribution in [0.15, 0.2) is 12.1 Å². The van der Waals surface area contributed by atoms with E-state index in [4.69, 9.17) is 14.8 Å². The van der Waals surface area contributed by atoms with Crippen molar-refractivity contribution in [1.29, 1.82) is 0 Å². The molecule has 0 aliphatic carbocycles. The summed E-state index contributed by atoms with van der Waals surface area (Å²) < 4.78 is 7.44.